The molecule has 0 radical (unpaired) electrons. The van der Waals surface area contributed by atoms with Crippen LogP contribution in [0.15, 0.2) is 30.3 Å². The predicted molar refractivity (Wildman–Crippen MR) is 75.2 cm³/mol. The van der Waals surface area contributed by atoms with Gasteiger partial charge in [-0.05, 0) is 26.3 Å². The van der Waals surface area contributed by atoms with E-state index in [4.69, 9.17) is 4.74 Å². The topological polar surface area (TPSA) is 64.6 Å². The van der Waals surface area contributed by atoms with Gasteiger partial charge in [0.15, 0.2) is 0 Å². The van der Waals surface area contributed by atoms with Crippen molar-refractivity contribution in [2.45, 2.75) is 38.8 Å². The molecule has 1 unspecified atom stereocenters. The van der Waals surface area contributed by atoms with Gasteiger partial charge >= 0.3 is 12.1 Å². The van der Waals surface area contributed by atoms with Gasteiger partial charge in [-0.2, -0.15) is 0 Å². The average molecular weight is 279 g/mol. The number of carbonyl (C=O) groups excluding carboxylic acids is 2. The number of hydrogen-bond donors (Lipinski definition) is 1. The van der Waals surface area contributed by atoms with Gasteiger partial charge in [0.25, 0.3) is 0 Å². The average Bonchev–Trinajstić information content (AvgIpc) is 2.36. The minimum Gasteiger partial charge on any atom is -0.469 e. The van der Waals surface area contributed by atoms with Gasteiger partial charge in [0.1, 0.15) is 5.60 Å². The molecule has 0 aromatic heterocycles. The van der Waals surface area contributed by atoms with Crippen molar-refractivity contribution in [2.24, 2.45) is 0 Å². The Hall–Kier alpha value is -2.04. The fourth-order valence-electron chi connectivity index (χ4n) is 1.64. The standard InChI is InChI=1S/C15H21NO4/c1-15(2,3)20-14(18)16-12(10-13(17)19-4)11-8-6-5-7-9-11/h5-9,12H,10H2,1-4H3,(H,16,18). The second kappa shape index (κ2) is 6.93. The number of esters is 1. The van der Waals surface area contributed by atoms with Crippen molar-refractivity contribution >= 4 is 12.1 Å². The second-order valence-corrected chi connectivity index (χ2v) is 5.39. The van der Waals surface area contributed by atoms with Gasteiger partial charge in [0.05, 0.1) is 19.6 Å². The molecule has 0 aliphatic rings. The molecule has 1 aromatic carbocycles. The maximum atomic E-state index is 11.8. The summed E-state index contributed by atoms with van der Waals surface area (Å²) in [7, 11) is 1.32. The molecule has 0 saturated carbocycles. The number of amides is 1. The number of methoxy groups -OCH3 is 1. The first-order chi connectivity index (χ1) is 9.31. The lowest BCUT2D eigenvalue weighted by Gasteiger charge is -2.23. The predicted octanol–water partition coefficient (Wildman–Crippen LogP) is 2.82. The van der Waals surface area contributed by atoms with Crippen molar-refractivity contribution in [3.05, 3.63) is 35.9 Å². The van der Waals surface area contributed by atoms with Crippen LogP contribution in [0.2, 0.25) is 0 Å². The summed E-state index contributed by atoms with van der Waals surface area (Å²) in [6, 6.07) is 8.76. The van der Waals surface area contributed by atoms with Gasteiger partial charge in [-0.15, -0.1) is 0 Å². The number of ether oxygens (including phenoxy) is 2. The zero-order valence-electron chi connectivity index (χ0n) is 12.3. The highest BCUT2D eigenvalue weighted by Crippen LogP contribution is 2.18. The summed E-state index contributed by atoms with van der Waals surface area (Å²) in [5, 5.41) is 2.69. The molecule has 1 rings (SSSR count). The molecule has 1 aromatic rings. The van der Waals surface area contributed by atoms with Crippen LogP contribution < -0.4 is 5.32 Å². The maximum Gasteiger partial charge on any atom is 0.408 e. The summed E-state index contributed by atoms with van der Waals surface area (Å²) in [4.78, 5) is 23.3. The van der Waals surface area contributed by atoms with Gasteiger partial charge in [-0.25, -0.2) is 4.79 Å². The Balaban J connectivity index is 2.78. The molecule has 5 heteroatoms. The highest BCUT2D eigenvalue weighted by atomic mass is 16.6. The first kappa shape index (κ1) is 16.0. The van der Waals surface area contributed by atoms with Crippen molar-refractivity contribution in [3.63, 3.8) is 0 Å². The first-order valence-corrected chi connectivity index (χ1v) is 6.43. The molecule has 0 spiro atoms. The SMILES string of the molecule is COC(=O)CC(NC(=O)OC(C)(C)C)c1ccccc1. The van der Waals surface area contributed by atoms with Crippen LogP contribution >= 0.6 is 0 Å². The maximum absolute atomic E-state index is 11.8. The quantitative estimate of drug-likeness (QED) is 0.861. The van der Waals surface area contributed by atoms with Crippen molar-refractivity contribution in [1.29, 1.82) is 0 Å². The summed E-state index contributed by atoms with van der Waals surface area (Å²) in [6.07, 6.45) is -0.505. The number of hydrogen-bond acceptors (Lipinski definition) is 4. The van der Waals surface area contributed by atoms with Gasteiger partial charge in [0, 0.05) is 0 Å². The monoisotopic (exact) mass is 279 g/mol. The minimum absolute atomic E-state index is 0.0553. The van der Waals surface area contributed by atoms with Gasteiger partial charge in [-0.3, -0.25) is 4.79 Å². The third-order valence-corrected chi connectivity index (χ3v) is 2.49. The van der Waals surface area contributed by atoms with Crippen LogP contribution in [0.25, 0.3) is 0 Å². The lowest BCUT2D eigenvalue weighted by molar-refractivity contribution is -0.141. The van der Waals surface area contributed by atoms with Crippen LogP contribution in [0.5, 0.6) is 0 Å². The second-order valence-electron chi connectivity index (χ2n) is 5.39. The summed E-state index contributed by atoms with van der Waals surface area (Å²) in [5.41, 5.74) is 0.236. The Kier molecular flexibility index (Phi) is 5.55. The zero-order chi connectivity index (χ0) is 15.2. The van der Waals surface area contributed by atoms with Crippen molar-refractivity contribution in [2.75, 3.05) is 7.11 Å². The summed E-state index contributed by atoms with van der Waals surface area (Å²) >= 11 is 0. The number of nitrogens with one attached hydrogen (secondary N) is 1. The molecule has 1 amide bonds. The van der Waals surface area contributed by atoms with Crippen LogP contribution in [-0.2, 0) is 14.3 Å². The van der Waals surface area contributed by atoms with Crippen LogP contribution in [0.4, 0.5) is 4.79 Å². The van der Waals surface area contributed by atoms with Crippen molar-refractivity contribution in [3.8, 4) is 0 Å². The van der Waals surface area contributed by atoms with E-state index in [1.165, 1.54) is 7.11 Å². The number of benzene rings is 1. The molecular formula is C15H21NO4. The van der Waals surface area contributed by atoms with Crippen LogP contribution in [-0.4, -0.2) is 24.8 Å². The molecule has 0 bridgehead atoms. The van der Waals surface area contributed by atoms with E-state index in [1.54, 1.807) is 20.8 Å². The molecule has 5 nitrogen and oxygen atoms in total. The largest absolute Gasteiger partial charge is 0.469 e. The number of rotatable bonds is 4. The molecule has 0 aliphatic heterocycles. The Morgan fingerprint density at radius 3 is 2.30 bits per heavy atom. The molecule has 1 atom stereocenters. The molecule has 0 heterocycles. The van der Waals surface area contributed by atoms with Gasteiger partial charge in [-0.1, -0.05) is 30.3 Å². The van der Waals surface area contributed by atoms with Crippen LogP contribution in [0, 0.1) is 0 Å². The summed E-state index contributed by atoms with van der Waals surface area (Å²) in [5.74, 6) is -0.394. The Morgan fingerprint density at radius 2 is 1.80 bits per heavy atom. The van der Waals surface area contributed by atoms with Crippen LogP contribution in [0.3, 0.4) is 0 Å². The van der Waals surface area contributed by atoms with E-state index in [-0.39, 0.29) is 6.42 Å². The lowest BCUT2D eigenvalue weighted by atomic mass is 10.0. The third-order valence-electron chi connectivity index (χ3n) is 2.49. The van der Waals surface area contributed by atoms with E-state index < -0.39 is 23.7 Å². The molecule has 110 valence electrons. The van der Waals surface area contributed by atoms with E-state index in [1.807, 2.05) is 30.3 Å². The Labute approximate surface area is 119 Å². The van der Waals surface area contributed by atoms with E-state index >= 15 is 0 Å². The van der Waals surface area contributed by atoms with Gasteiger partial charge < -0.3 is 14.8 Å². The summed E-state index contributed by atoms with van der Waals surface area (Å²) < 4.78 is 9.86. The fourth-order valence-corrected chi connectivity index (χ4v) is 1.64. The highest BCUT2D eigenvalue weighted by molar-refractivity contribution is 5.73. The van der Waals surface area contributed by atoms with Gasteiger partial charge in [0.2, 0.25) is 0 Å². The molecular weight excluding hydrogens is 258 g/mol. The normalized spacial score (nSPS) is 12.4. The third kappa shape index (κ3) is 5.73. The summed E-state index contributed by atoms with van der Waals surface area (Å²) in [6.45, 7) is 5.35. The van der Waals surface area contributed by atoms with E-state index in [0.717, 1.165) is 5.56 Å². The smallest absolute Gasteiger partial charge is 0.408 e. The van der Waals surface area contributed by atoms with Crippen molar-refractivity contribution in [1.82, 2.24) is 5.32 Å². The number of carbonyl (C=O) groups is 2. The molecule has 0 fully saturated rings. The minimum atomic E-state index is -0.587. The Morgan fingerprint density at radius 1 is 1.20 bits per heavy atom. The molecule has 20 heavy (non-hydrogen) atoms. The molecule has 0 aliphatic carbocycles. The number of alkyl carbamates (subject to hydrolysis) is 1. The van der Waals surface area contributed by atoms with E-state index in [9.17, 15) is 9.59 Å². The zero-order valence-corrected chi connectivity index (χ0v) is 12.3. The Bertz CT molecular complexity index is 451. The van der Waals surface area contributed by atoms with Crippen LogP contribution in [0.1, 0.15) is 38.8 Å². The van der Waals surface area contributed by atoms with E-state index in [2.05, 4.69) is 10.1 Å². The van der Waals surface area contributed by atoms with Crippen molar-refractivity contribution < 1.29 is 19.1 Å². The first-order valence-electron chi connectivity index (χ1n) is 6.43. The molecule has 1 N–H and O–H groups in total. The molecule has 0 saturated heterocycles. The highest BCUT2D eigenvalue weighted by Gasteiger charge is 2.22. The fraction of sp³-hybridized carbons (Fsp3) is 0.467. The lowest BCUT2D eigenvalue weighted by Crippen LogP contribution is -2.35. The van der Waals surface area contributed by atoms with E-state index in [0.29, 0.717) is 0 Å².